The summed E-state index contributed by atoms with van der Waals surface area (Å²) in [4.78, 5) is 24.7. The Kier molecular flexibility index (Phi) is 5.91. The molecule has 0 radical (unpaired) electrons. The minimum Gasteiger partial charge on any atom is -0.455 e. The summed E-state index contributed by atoms with van der Waals surface area (Å²) >= 11 is 0. The maximum absolute atomic E-state index is 12.6. The summed E-state index contributed by atoms with van der Waals surface area (Å²) in [6, 6.07) is 9.25. The van der Waals surface area contributed by atoms with Gasteiger partial charge in [-0.15, -0.1) is 5.10 Å². The van der Waals surface area contributed by atoms with Crippen LogP contribution in [0.4, 0.5) is 0 Å². The Labute approximate surface area is 174 Å². The zero-order valence-corrected chi connectivity index (χ0v) is 17.3. The fourth-order valence-electron chi connectivity index (χ4n) is 3.54. The SMILES string of the molecule is Cc1c(C(=O)NNC(=O)Cc2ccccc2)oc2c1/C(=N\N=C(N)N)CC(C)(C)C2. The molecule has 0 aliphatic heterocycles. The molecule has 9 heteroatoms. The summed E-state index contributed by atoms with van der Waals surface area (Å²) in [5.41, 5.74) is 18.4. The largest absolute Gasteiger partial charge is 0.455 e. The molecule has 3 rings (SSSR count). The normalized spacial score (nSPS) is 15.9. The lowest BCUT2D eigenvalue weighted by Gasteiger charge is -2.29. The summed E-state index contributed by atoms with van der Waals surface area (Å²) in [5, 5.41) is 7.94. The van der Waals surface area contributed by atoms with Crippen LogP contribution in [0, 0.1) is 12.3 Å². The van der Waals surface area contributed by atoms with Crippen molar-refractivity contribution in [2.45, 2.75) is 40.0 Å². The molecule has 1 aromatic carbocycles. The first-order chi connectivity index (χ1) is 14.2. The number of rotatable bonds is 4. The molecule has 0 saturated heterocycles. The lowest BCUT2D eigenvalue weighted by molar-refractivity contribution is -0.121. The van der Waals surface area contributed by atoms with Crippen molar-refractivity contribution < 1.29 is 14.0 Å². The van der Waals surface area contributed by atoms with Gasteiger partial charge < -0.3 is 15.9 Å². The zero-order chi connectivity index (χ0) is 21.9. The highest BCUT2D eigenvalue weighted by molar-refractivity contribution is 6.07. The molecule has 2 amide bonds. The molecule has 30 heavy (non-hydrogen) atoms. The van der Waals surface area contributed by atoms with Gasteiger partial charge in [0.2, 0.25) is 11.9 Å². The second-order valence-corrected chi connectivity index (χ2v) is 8.11. The zero-order valence-electron chi connectivity index (χ0n) is 17.3. The van der Waals surface area contributed by atoms with E-state index in [-0.39, 0.29) is 29.5 Å². The molecule has 1 aliphatic carbocycles. The van der Waals surface area contributed by atoms with E-state index in [1.165, 1.54) is 0 Å². The van der Waals surface area contributed by atoms with E-state index >= 15 is 0 Å². The molecule has 0 atom stereocenters. The van der Waals surface area contributed by atoms with Crippen LogP contribution in [0.5, 0.6) is 0 Å². The Morgan fingerprint density at radius 3 is 2.50 bits per heavy atom. The van der Waals surface area contributed by atoms with Gasteiger partial charge in [-0.25, -0.2) is 0 Å². The highest BCUT2D eigenvalue weighted by atomic mass is 16.4. The maximum Gasteiger partial charge on any atom is 0.305 e. The summed E-state index contributed by atoms with van der Waals surface area (Å²) in [7, 11) is 0. The number of nitrogens with zero attached hydrogens (tertiary/aromatic N) is 2. The van der Waals surface area contributed by atoms with Crippen LogP contribution in [0.3, 0.4) is 0 Å². The van der Waals surface area contributed by atoms with Crippen molar-refractivity contribution in [2.24, 2.45) is 27.1 Å². The van der Waals surface area contributed by atoms with Crippen LogP contribution in [0.15, 0.2) is 45.0 Å². The first-order valence-electron chi connectivity index (χ1n) is 9.57. The lowest BCUT2D eigenvalue weighted by atomic mass is 9.75. The van der Waals surface area contributed by atoms with Gasteiger partial charge in [0.05, 0.1) is 12.1 Å². The van der Waals surface area contributed by atoms with E-state index in [1.54, 1.807) is 6.92 Å². The molecule has 0 spiro atoms. The number of amides is 2. The average molecular weight is 410 g/mol. The van der Waals surface area contributed by atoms with Crippen LogP contribution in [0.1, 0.15) is 53.3 Å². The number of guanidine groups is 1. The predicted octanol–water partition coefficient (Wildman–Crippen LogP) is 1.54. The second-order valence-electron chi connectivity index (χ2n) is 8.11. The molecular weight excluding hydrogens is 384 g/mol. The maximum atomic E-state index is 12.6. The van der Waals surface area contributed by atoms with Gasteiger partial charge in [-0.3, -0.25) is 20.4 Å². The number of hydrazine groups is 1. The number of fused-ring (bicyclic) bond motifs is 1. The van der Waals surface area contributed by atoms with Gasteiger partial charge >= 0.3 is 5.91 Å². The third-order valence-electron chi connectivity index (χ3n) is 4.81. The van der Waals surface area contributed by atoms with E-state index < -0.39 is 5.91 Å². The third kappa shape index (κ3) is 4.86. The van der Waals surface area contributed by atoms with Crippen LogP contribution in [0.2, 0.25) is 0 Å². The molecule has 158 valence electrons. The summed E-state index contributed by atoms with van der Waals surface area (Å²) in [6.45, 7) is 5.91. The first kappa shape index (κ1) is 21.1. The summed E-state index contributed by atoms with van der Waals surface area (Å²) in [6.07, 6.45) is 1.42. The molecule has 2 aromatic rings. The van der Waals surface area contributed by atoms with E-state index in [4.69, 9.17) is 15.9 Å². The van der Waals surface area contributed by atoms with Crippen molar-refractivity contribution in [3.63, 3.8) is 0 Å². The number of hydrogen-bond donors (Lipinski definition) is 4. The highest BCUT2D eigenvalue weighted by Gasteiger charge is 2.36. The smallest absolute Gasteiger partial charge is 0.305 e. The fraction of sp³-hybridized carbons (Fsp3) is 0.333. The van der Waals surface area contributed by atoms with Gasteiger partial charge in [0.1, 0.15) is 5.76 Å². The Morgan fingerprint density at radius 2 is 1.83 bits per heavy atom. The van der Waals surface area contributed by atoms with Gasteiger partial charge in [-0.1, -0.05) is 44.2 Å². The monoisotopic (exact) mass is 410 g/mol. The minimum atomic E-state index is -0.540. The molecule has 6 N–H and O–H groups in total. The van der Waals surface area contributed by atoms with Crippen LogP contribution < -0.4 is 22.3 Å². The summed E-state index contributed by atoms with van der Waals surface area (Å²) < 4.78 is 5.87. The molecule has 0 saturated carbocycles. The quantitative estimate of drug-likeness (QED) is 0.343. The number of carbonyl (C=O) groups is 2. The summed E-state index contributed by atoms with van der Waals surface area (Å²) in [5.74, 6) is -0.251. The number of benzene rings is 1. The number of hydrogen-bond acceptors (Lipinski definition) is 5. The van der Waals surface area contributed by atoms with E-state index in [0.29, 0.717) is 29.9 Å². The number of furan rings is 1. The van der Waals surface area contributed by atoms with Crippen molar-refractivity contribution in [1.82, 2.24) is 10.9 Å². The van der Waals surface area contributed by atoms with E-state index in [2.05, 4.69) is 34.9 Å². The molecule has 0 unspecified atom stereocenters. The van der Waals surface area contributed by atoms with Crippen LogP contribution in [0.25, 0.3) is 0 Å². The second kappa shape index (κ2) is 8.40. The van der Waals surface area contributed by atoms with E-state index in [9.17, 15) is 9.59 Å². The van der Waals surface area contributed by atoms with Gasteiger partial charge in [0, 0.05) is 17.5 Å². The van der Waals surface area contributed by atoms with Crippen LogP contribution in [-0.2, 0) is 17.6 Å². The average Bonchev–Trinajstić information content (AvgIpc) is 3.00. The van der Waals surface area contributed by atoms with Gasteiger partial charge in [-0.05, 0) is 24.3 Å². The topological polar surface area (TPSA) is 148 Å². The fourth-order valence-corrected chi connectivity index (χ4v) is 3.54. The molecular formula is C21H26N6O3. The number of nitrogens with two attached hydrogens (primary N) is 2. The molecule has 0 bridgehead atoms. The van der Waals surface area contributed by atoms with Crippen molar-refractivity contribution >= 4 is 23.5 Å². The standard InChI is InChI=1S/C21H26N6O3/c1-12-17-14(24-27-20(22)23)10-21(2,3)11-15(17)30-18(12)19(29)26-25-16(28)9-13-7-5-4-6-8-13/h4-8H,9-11H2,1-3H3,(H,25,28)(H,26,29)(H4,22,23,27)/b24-14-. The van der Waals surface area contributed by atoms with Gasteiger partial charge in [0.15, 0.2) is 5.76 Å². The van der Waals surface area contributed by atoms with E-state index in [1.807, 2.05) is 30.3 Å². The van der Waals surface area contributed by atoms with Gasteiger partial charge in [-0.2, -0.15) is 5.10 Å². The number of carbonyl (C=O) groups excluding carboxylic acids is 2. The Hall–Kier alpha value is -3.62. The highest BCUT2D eigenvalue weighted by Crippen LogP contribution is 2.38. The number of nitrogens with one attached hydrogen (secondary N) is 2. The molecule has 0 fully saturated rings. The Bertz CT molecular complexity index is 1020. The minimum absolute atomic E-state index is 0.120. The molecule has 1 aromatic heterocycles. The molecule has 9 nitrogen and oxygen atoms in total. The first-order valence-corrected chi connectivity index (χ1v) is 9.57. The third-order valence-corrected chi connectivity index (χ3v) is 4.81. The van der Waals surface area contributed by atoms with Crippen molar-refractivity contribution in [1.29, 1.82) is 0 Å². The Balaban J connectivity index is 1.77. The van der Waals surface area contributed by atoms with E-state index in [0.717, 1.165) is 11.1 Å². The van der Waals surface area contributed by atoms with Crippen LogP contribution in [-0.4, -0.2) is 23.5 Å². The van der Waals surface area contributed by atoms with Crippen LogP contribution >= 0.6 is 0 Å². The lowest BCUT2D eigenvalue weighted by Crippen LogP contribution is -2.42. The van der Waals surface area contributed by atoms with Crippen molar-refractivity contribution in [3.05, 3.63) is 58.5 Å². The van der Waals surface area contributed by atoms with Crippen molar-refractivity contribution in [3.8, 4) is 0 Å². The van der Waals surface area contributed by atoms with Gasteiger partial charge in [0.25, 0.3) is 0 Å². The Morgan fingerprint density at radius 1 is 1.13 bits per heavy atom. The molecule has 1 heterocycles. The van der Waals surface area contributed by atoms with Crippen molar-refractivity contribution in [2.75, 3.05) is 0 Å². The predicted molar refractivity (Wildman–Crippen MR) is 114 cm³/mol. The molecule has 1 aliphatic rings.